The van der Waals surface area contributed by atoms with Crippen molar-refractivity contribution in [2.75, 3.05) is 66.1 Å². The molecule has 0 heterocycles. The average Bonchev–Trinajstić information content (AvgIpc) is 2.61. The molecule has 0 atom stereocenters. The summed E-state index contributed by atoms with van der Waals surface area (Å²) < 4.78 is 0. The van der Waals surface area contributed by atoms with Crippen LogP contribution in [-0.4, -0.2) is 117 Å². The van der Waals surface area contributed by atoms with Crippen LogP contribution in [-0.2, 0) is 0 Å². The fraction of sp³-hybridized carbons (Fsp3) is 1.00. The summed E-state index contributed by atoms with van der Waals surface area (Å²) in [5.74, 6) is 0. The first kappa shape index (κ1) is 56.7. The quantitative estimate of drug-likeness (QED) is 0.261. The Morgan fingerprint density at radius 3 is 0.345 bits per heavy atom. The lowest BCUT2D eigenvalue weighted by atomic mass is 10.5. The lowest BCUT2D eigenvalue weighted by Crippen LogP contribution is -1.85. The van der Waals surface area contributed by atoms with Crippen LogP contribution in [0.25, 0.3) is 0 Å². The van der Waals surface area contributed by atoms with Gasteiger partial charge in [-0.05, 0) is 61.8 Å². The smallest absolute Gasteiger partial charge is 0.0452 e. The van der Waals surface area contributed by atoms with Crippen LogP contribution in [0.4, 0.5) is 0 Å². The van der Waals surface area contributed by atoms with Crippen molar-refractivity contribution in [2.24, 2.45) is 0 Å². The van der Waals surface area contributed by atoms with E-state index in [1.54, 1.807) is 55.4 Å². The van der Waals surface area contributed by atoms with Crippen molar-refractivity contribution in [2.45, 2.75) is 61.8 Å². The average molecular weight is 445 g/mol. The first-order valence-electron chi connectivity index (χ1n) is 9.82. The van der Waals surface area contributed by atoms with Gasteiger partial charge in [-0.15, -0.1) is 0 Å². The molecular formula is C19H56O10. The van der Waals surface area contributed by atoms with E-state index in [1.165, 1.54) is 0 Å². The van der Waals surface area contributed by atoms with Gasteiger partial charge in [0.25, 0.3) is 0 Å². The van der Waals surface area contributed by atoms with Gasteiger partial charge in [-0.2, -0.15) is 0 Å². The number of rotatable bonds is 2. The Hall–Kier alpha value is -0.400. The molecule has 0 radical (unpaired) electrons. The summed E-state index contributed by atoms with van der Waals surface area (Å²) in [5.41, 5.74) is 0. The zero-order valence-electron chi connectivity index (χ0n) is 20.3. The molecule has 0 aliphatic heterocycles. The normalized spacial score (nSPS) is 6.41. The molecular weight excluding hydrogens is 388 g/mol. The minimum absolute atomic E-state index is 0.0938. The predicted octanol–water partition coefficient (Wildman–Crippen LogP) is -0.650. The Balaban J connectivity index is -0.0000000223. The van der Waals surface area contributed by atoms with E-state index in [0.29, 0.717) is 6.42 Å². The Labute approximate surface area is 179 Å². The number of hydrogen-bond acceptors (Lipinski definition) is 10. The van der Waals surface area contributed by atoms with E-state index in [-0.39, 0.29) is 66.1 Å². The minimum atomic E-state index is 0.0938. The fourth-order valence-corrected chi connectivity index (χ4v) is 0.0707. The SMILES string of the molecule is CCO.CCO.CCO.CCO.CCO.CCO.CCO.CCO.OCCCO. The maximum atomic E-state index is 7.91. The second-order valence-corrected chi connectivity index (χ2v) is 3.33. The van der Waals surface area contributed by atoms with Gasteiger partial charge < -0.3 is 51.1 Å². The molecule has 0 fully saturated rings. The van der Waals surface area contributed by atoms with Crippen molar-refractivity contribution >= 4 is 0 Å². The lowest BCUT2D eigenvalue weighted by Gasteiger charge is -1.79. The zero-order chi connectivity index (χ0) is 25.8. The molecule has 0 aromatic heterocycles. The summed E-state index contributed by atoms with van der Waals surface area (Å²) in [6.45, 7) is 15.6. The van der Waals surface area contributed by atoms with Gasteiger partial charge in [0.05, 0.1) is 0 Å². The molecule has 192 valence electrons. The van der Waals surface area contributed by atoms with Crippen LogP contribution in [0.5, 0.6) is 0 Å². The van der Waals surface area contributed by atoms with Gasteiger partial charge >= 0.3 is 0 Å². The van der Waals surface area contributed by atoms with Gasteiger partial charge in [0, 0.05) is 66.1 Å². The number of aliphatic hydroxyl groups excluding tert-OH is 10. The van der Waals surface area contributed by atoms with Crippen molar-refractivity contribution < 1.29 is 51.1 Å². The van der Waals surface area contributed by atoms with Gasteiger partial charge in [0.15, 0.2) is 0 Å². The first-order chi connectivity index (χ1) is 13.7. The van der Waals surface area contributed by atoms with Crippen LogP contribution in [0.1, 0.15) is 61.8 Å². The van der Waals surface area contributed by atoms with Crippen LogP contribution < -0.4 is 0 Å². The molecule has 0 saturated carbocycles. The Morgan fingerprint density at radius 1 is 0.276 bits per heavy atom. The summed E-state index contributed by atoms with van der Waals surface area (Å²) in [7, 11) is 0. The maximum Gasteiger partial charge on any atom is 0.0452 e. The highest BCUT2D eigenvalue weighted by Crippen LogP contribution is 1.65. The molecule has 0 unspecified atom stereocenters. The second-order valence-electron chi connectivity index (χ2n) is 3.33. The molecule has 0 aromatic rings. The molecule has 0 saturated heterocycles. The highest BCUT2D eigenvalue weighted by atomic mass is 16.3. The molecule has 0 aliphatic carbocycles. The summed E-state index contributed by atoms with van der Waals surface area (Å²) in [6.07, 6.45) is 0.500. The molecule has 0 amide bonds. The van der Waals surface area contributed by atoms with Crippen molar-refractivity contribution in [1.82, 2.24) is 0 Å². The molecule has 0 spiro atoms. The van der Waals surface area contributed by atoms with E-state index in [1.807, 2.05) is 0 Å². The van der Waals surface area contributed by atoms with Crippen molar-refractivity contribution in [3.05, 3.63) is 0 Å². The Morgan fingerprint density at radius 2 is 0.345 bits per heavy atom. The van der Waals surface area contributed by atoms with Crippen LogP contribution >= 0.6 is 0 Å². The van der Waals surface area contributed by atoms with E-state index in [9.17, 15) is 0 Å². The van der Waals surface area contributed by atoms with Crippen LogP contribution in [0.15, 0.2) is 0 Å². The van der Waals surface area contributed by atoms with E-state index in [4.69, 9.17) is 51.1 Å². The Bertz CT molecular complexity index is 77.1. The van der Waals surface area contributed by atoms with E-state index < -0.39 is 0 Å². The largest absolute Gasteiger partial charge is 0.397 e. The second kappa shape index (κ2) is 174. The van der Waals surface area contributed by atoms with E-state index >= 15 is 0 Å². The summed E-state index contributed by atoms with van der Waals surface area (Å²) in [4.78, 5) is 0. The van der Waals surface area contributed by atoms with Gasteiger partial charge in [0.2, 0.25) is 0 Å². The molecule has 10 N–H and O–H groups in total. The third-order valence-corrected chi connectivity index (χ3v) is 0.316. The van der Waals surface area contributed by atoms with Crippen molar-refractivity contribution in [1.29, 1.82) is 0 Å². The van der Waals surface area contributed by atoms with Crippen molar-refractivity contribution in [3.8, 4) is 0 Å². The van der Waals surface area contributed by atoms with Gasteiger partial charge in [0.1, 0.15) is 0 Å². The molecule has 0 aromatic carbocycles. The number of aliphatic hydroxyl groups is 10. The summed E-state index contributed by atoms with van der Waals surface area (Å²) in [5, 5.41) is 76.4. The molecule has 10 heteroatoms. The third-order valence-electron chi connectivity index (χ3n) is 0.316. The zero-order valence-corrected chi connectivity index (χ0v) is 20.3. The Kier molecular flexibility index (Phi) is 340. The molecule has 0 aliphatic rings. The van der Waals surface area contributed by atoms with Gasteiger partial charge in [-0.25, -0.2) is 0 Å². The predicted molar refractivity (Wildman–Crippen MR) is 121 cm³/mol. The maximum absolute atomic E-state index is 7.91. The minimum Gasteiger partial charge on any atom is -0.397 e. The standard InChI is InChI=1S/C3H8O2.8C2H6O/c4-2-1-3-5;8*1-2-3/h4-5H,1-3H2;8*3H,2H2,1H3. The van der Waals surface area contributed by atoms with E-state index in [2.05, 4.69) is 0 Å². The van der Waals surface area contributed by atoms with Gasteiger partial charge in [-0.1, -0.05) is 0 Å². The lowest BCUT2D eigenvalue weighted by molar-refractivity contribution is 0.221. The monoisotopic (exact) mass is 444 g/mol. The highest BCUT2D eigenvalue weighted by molar-refractivity contribution is 4.22. The van der Waals surface area contributed by atoms with Crippen molar-refractivity contribution in [3.63, 3.8) is 0 Å². The van der Waals surface area contributed by atoms with Crippen LogP contribution in [0.3, 0.4) is 0 Å². The molecule has 0 bridgehead atoms. The van der Waals surface area contributed by atoms with Crippen LogP contribution in [0, 0.1) is 0 Å². The summed E-state index contributed by atoms with van der Waals surface area (Å²) >= 11 is 0. The van der Waals surface area contributed by atoms with Crippen LogP contribution in [0.2, 0.25) is 0 Å². The molecule has 0 rings (SSSR count). The first-order valence-corrected chi connectivity index (χ1v) is 9.82. The van der Waals surface area contributed by atoms with E-state index in [0.717, 1.165) is 0 Å². The third kappa shape index (κ3) is 7070. The molecule has 10 nitrogen and oxygen atoms in total. The summed E-state index contributed by atoms with van der Waals surface area (Å²) in [6, 6.07) is 0. The fourth-order valence-electron chi connectivity index (χ4n) is 0.0707. The number of hydrogen-bond donors (Lipinski definition) is 10. The molecule has 29 heavy (non-hydrogen) atoms. The van der Waals surface area contributed by atoms with Gasteiger partial charge in [-0.3, -0.25) is 0 Å². The topological polar surface area (TPSA) is 202 Å². The highest BCUT2D eigenvalue weighted by Gasteiger charge is 1.70.